The van der Waals surface area contributed by atoms with Crippen LogP contribution in [0.1, 0.15) is 41.5 Å². The van der Waals surface area contributed by atoms with Gasteiger partial charge in [-0.1, -0.05) is 5.21 Å². The van der Waals surface area contributed by atoms with Crippen LogP contribution in [0.5, 0.6) is 11.5 Å². The minimum Gasteiger partial charge on any atom is -0.508 e. The quantitative estimate of drug-likeness (QED) is 0.317. The molecule has 4 rings (SSSR count). The highest BCUT2D eigenvalue weighted by molar-refractivity contribution is 6.02. The molecule has 0 saturated carbocycles. The summed E-state index contributed by atoms with van der Waals surface area (Å²) < 4.78 is 5.79. The van der Waals surface area contributed by atoms with Crippen molar-refractivity contribution in [2.75, 3.05) is 18.8 Å². The number of aromatic nitrogens is 5. The van der Waals surface area contributed by atoms with Crippen molar-refractivity contribution in [3.63, 3.8) is 0 Å². The number of nitrogens with one attached hydrogen (secondary N) is 1. The Hall–Kier alpha value is -4.00. The molecule has 0 aliphatic carbocycles. The number of phenols is 2. The van der Waals surface area contributed by atoms with Crippen LogP contribution in [-0.4, -0.2) is 65.1 Å². The number of carbonyl (C=O) groups is 1. The van der Waals surface area contributed by atoms with Crippen molar-refractivity contribution in [2.24, 2.45) is 5.10 Å². The molecule has 1 fully saturated rings. The molecule has 1 aliphatic rings. The van der Waals surface area contributed by atoms with E-state index in [1.54, 1.807) is 6.92 Å². The second-order valence-electron chi connectivity index (χ2n) is 7.09. The summed E-state index contributed by atoms with van der Waals surface area (Å²) >= 11 is 0. The summed E-state index contributed by atoms with van der Waals surface area (Å²) in [7, 11) is 0. The highest BCUT2D eigenvalue weighted by Gasteiger charge is 2.27. The van der Waals surface area contributed by atoms with E-state index in [2.05, 4.69) is 40.7 Å². The molecule has 3 aromatic rings. The molecular weight excluding hydrogens is 406 g/mol. The van der Waals surface area contributed by atoms with E-state index >= 15 is 0 Å². The van der Waals surface area contributed by atoms with E-state index < -0.39 is 5.91 Å². The molecule has 0 atom stereocenters. The van der Waals surface area contributed by atoms with Gasteiger partial charge in [-0.05, 0) is 55.3 Å². The lowest BCUT2D eigenvalue weighted by molar-refractivity contribution is 0.0944. The number of phenolic OH excluding ortho intramolecular Hbond substituents is 2. The van der Waals surface area contributed by atoms with E-state index in [4.69, 9.17) is 5.73 Å². The zero-order valence-corrected chi connectivity index (χ0v) is 16.7. The van der Waals surface area contributed by atoms with Crippen LogP contribution >= 0.6 is 0 Å². The van der Waals surface area contributed by atoms with Crippen molar-refractivity contribution in [3.05, 3.63) is 35.2 Å². The average Bonchev–Trinajstić information content (AvgIpc) is 3.47. The normalized spacial score (nSPS) is 14.8. The van der Waals surface area contributed by atoms with E-state index in [9.17, 15) is 15.0 Å². The van der Waals surface area contributed by atoms with Crippen molar-refractivity contribution < 1.29 is 19.6 Å². The van der Waals surface area contributed by atoms with Crippen LogP contribution in [-0.2, 0) is 6.54 Å². The summed E-state index contributed by atoms with van der Waals surface area (Å²) in [6, 6.07) is 4.08. The summed E-state index contributed by atoms with van der Waals surface area (Å²) in [5, 5.41) is 38.9. The Morgan fingerprint density at radius 3 is 2.74 bits per heavy atom. The fourth-order valence-electron chi connectivity index (χ4n) is 3.36. The number of carbonyl (C=O) groups excluding carboxylic acids is 1. The highest BCUT2D eigenvalue weighted by Crippen LogP contribution is 2.23. The SMILES string of the molecule is C/C(=N\NC(=O)c1c(CN2CCCC2)nnn1-c1nonc1N)c1ccc(O)cc1O. The van der Waals surface area contributed by atoms with Crippen LogP contribution in [0.4, 0.5) is 5.82 Å². The molecule has 5 N–H and O–H groups in total. The molecule has 162 valence electrons. The van der Waals surface area contributed by atoms with Gasteiger partial charge in [0.05, 0.1) is 5.71 Å². The van der Waals surface area contributed by atoms with Gasteiger partial charge in [-0.3, -0.25) is 9.69 Å². The van der Waals surface area contributed by atoms with Crippen molar-refractivity contribution >= 4 is 17.4 Å². The molecule has 0 bridgehead atoms. The van der Waals surface area contributed by atoms with Crippen LogP contribution in [0, 0.1) is 0 Å². The number of benzene rings is 1. The number of hydrazone groups is 1. The van der Waals surface area contributed by atoms with E-state index in [1.807, 2.05) is 0 Å². The van der Waals surface area contributed by atoms with Gasteiger partial charge in [0.2, 0.25) is 11.6 Å². The molecule has 1 saturated heterocycles. The van der Waals surface area contributed by atoms with Gasteiger partial charge < -0.3 is 15.9 Å². The molecule has 13 nitrogen and oxygen atoms in total. The molecule has 1 aliphatic heterocycles. The van der Waals surface area contributed by atoms with Gasteiger partial charge in [0.1, 0.15) is 17.2 Å². The first-order valence-electron chi connectivity index (χ1n) is 9.56. The number of hydrogen-bond donors (Lipinski definition) is 4. The summed E-state index contributed by atoms with van der Waals surface area (Å²) in [5.74, 6) is -0.849. The van der Waals surface area contributed by atoms with Gasteiger partial charge in [0.15, 0.2) is 5.69 Å². The Balaban J connectivity index is 1.63. The van der Waals surface area contributed by atoms with Crippen LogP contribution in [0.2, 0.25) is 0 Å². The van der Waals surface area contributed by atoms with Crippen molar-refractivity contribution in [1.29, 1.82) is 0 Å². The fourth-order valence-corrected chi connectivity index (χ4v) is 3.36. The molecule has 13 heteroatoms. The molecule has 31 heavy (non-hydrogen) atoms. The van der Waals surface area contributed by atoms with Crippen LogP contribution in [0.25, 0.3) is 5.82 Å². The summed E-state index contributed by atoms with van der Waals surface area (Å²) in [4.78, 5) is 15.2. The molecule has 2 aromatic heterocycles. The summed E-state index contributed by atoms with van der Waals surface area (Å²) in [6.07, 6.45) is 2.16. The minimum atomic E-state index is -0.598. The average molecular weight is 427 g/mol. The Bertz CT molecular complexity index is 1130. The zero-order valence-electron chi connectivity index (χ0n) is 16.7. The number of anilines is 1. The second kappa shape index (κ2) is 8.39. The number of nitrogen functional groups attached to an aromatic ring is 1. The largest absolute Gasteiger partial charge is 0.508 e. The second-order valence-corrected chi connectivity index (χ2v) is 7.09. The van der Waals surface area contributed by atoms with E-state index in [0.29, 0.717) is 23.5 Å². The van der Waals surface area contributed by atoms with Gasteiger partial charge in [-0.25, -0.2) is 10.1 Å². The number of hydrogen-bond acceptors (Lipinski definition) is 11. The Morgan fingerprint density at radius 1 is 1.29 bits per heavy atom. The number of aromatic hydroxyl groups is 2. The standard InChI is InChI=1S/C18H21N9O4/c1-10(12-5-4-11(28)8-14(12)29)20-22-18(30)15-13(9-26-6-2-3-7-26)21-25-27(15)17-16(19)23-31-24-17/h4-5,8,28-29H,2-3,6-7,9H2,1H3,(H2,19,23)(H,22,30)/b20-10+. The maximum Gasteiger partial charge on any atom is 0.292 e. The fraction of sp³-hybridized carbons (Fsp3) is 0.333. The molecule has 0 unspecified atom stereocenters. The number of rotatable bonds is 6. The number of likely N-dealkylation sites (tertiary alicyclic amines) is 1. The molecular formula is C18H21N9O4. The first-order valence-corrected chi connectivity index (χ1v) is 9.56. The lowest BCUT2D eigenvalue weighted by Gasteiger charge is -2.13. The lowest BCUT2D eigenvalue weighted by atomic mass is 10.1. The van der Waals surface area contributed by atoms with Crippen molar-refractivity contribution in [1.82, 2.24) is 35.6 Å². The van der Waals surface area contributed by atoms with Gasteiger partial charge in [0, 0.05) is 18.2 Å². The highest BCUT2D eigenvalue weighted by atomic mass is 16.6. The predicted molar refractivity (Wildman–Crippen MR) is 108 cm³/mol. The number of nitrogens with two attached hydrogens (primary N) is 1. The third-order valence-electron chi connectivity index (χ3n) is 4.92. The minimum absolute atomic E-state index is 0.0413. The maximum absolute atomic E-state index is 13.0. The van der Waals surface area contributed by atoms with Gasteiger partial charge in [0.25, 0.3) is 5.91 Å². The predicted octanol–water partition coefficient (Wildman–Crippen LogP) is 0.394. The lowest BCUT2D eigenvalue weighted by Crippen LogP contribution is -2.26. The van der Waals surface area contributed by atoms with E-state index in [0.717, 1.165) is 30.6 Å². The molecule has 1 amide bonds. The van der Waals surface area contributed by atoms with E-state index in [-0.39, 0.29) is 28.8 Å². The van der Waals surface area contributed by atoms with Gasteiger partial charge in [-0.15, -0.1) is 5.10 Å². The first-order chi connectivity index (χ1) is 14.9. The monoisotopic (exact) mass is 427 g/mol. The topological polar surface area (TPSA) is 181 Å². The zero-order chi connectivity index (χ0) is 22.0. The Morgan fingerprint density at radius 2 is 2.06 bits per heavy atom. The summed E-state index contributed by atoms with van der Waals surface area (Å²) in [5.41, 5.74) is 9.43. The Labute approximate surface area is 176 Å². The van der Waals surface area contributed by atoms with Crippen molar-refractivity contribution in [2.45, 2.75) is 26.3 Å². The number of amides is 1. The third kappa shape index (κ3) is 4.16. The number of nitrogens with zero attached hydrogens (tertiary/aromatic N) is 7. The molecule has 0 spiro atoms. The summed E-state index contributed by atoms with van der Waals surface area (Å²) in [6.45, 7) is 3.83. The van der Waals surface area contributed by atoms with Crippen LogP contribution in [0.15, 0.2) is 27.9 Å². The molecule has 1 aromatic carbocycles. The van der Waals surface area contributed by atoms with Crippen LogP contribution in [0.3, 0.4) is 0 Å². The maximum atomic E-state index is 13.0. The van der Waals surface area contributed by atoms with Crippen LogP contribution < -0.4 is 11.2 Å². The third-order valence-corrected chi connectivity index (χ3v) is 4.92. The van der Waals surface area contributed by atoms with Crippen molar-refractivity contribution in [3.8, 4) is 17.3 Å². The van der Waals surface area contributed by atoms with E-state index in [1.165, 1.54) is 18.2 Å². The smallest absolute Gasteiger partial charge is 0.292 e. The molecule has 0 radical (unpaired) electrons. The molecule has 3 heterocycles. The van der Waals surface area contributed by atoms with Gasteiger partial charge >= 0.3 is 0 Å². The first kappa shape index (κ1) is 20.3. The van der Waals surface area contributed by atoms with Gasteiger partial charge in [-0.2, -0.15) is 9.78 Å². The Kier molecular flexibility index (Phi) is 5.49.